The Kier molecular flexibility index (Phi) is 4.82. The average molecular weight is 376 g/mol. The maximum absolute atomic E-state index is 13.0. The maximum Gasteiger partial charge on any atom is 0.268 e. The van der Waals surface area contributed by atoms with Gasteiger partial charge in [0.25, 0.3) is 5.91 Å². The minimum Gasteiger partial charge on any atom is -0.454 e. The molecule has 4 rings (SSSR count). The van der Waals surface area contributed by atoms with Crippen molar-refractivity contribution in [2.45, 2.75) is 33.9 Å². The topological polar surface area (TPSA) is 52.5 Å². The normalized spacial score (nSPS) is 12.2. The summed E-state index contributed by atoms with van der Waals surface area (Å²) in [7, 11) is 0. The number of ether oxygens (including phenoxy) is 2. The van der Waals surface area contributed by atoms with Crippen LogP contribution in [-0.2, 0) is 13.1 Å². The quantitative estimate of drug-likeness (QED) is 0.729. The zero-order chi connectivity index (χ0) is 19.7. The van der Waals surface area contributed by atoms with Crippen LogP contribution < -0.4 is 14.8 Å². The molecule has 0 aliphatic carbocycles. The Morgan fingerprint density at radius 3 is 2.61 bits per heavy atom. The molecule has 144 valence electrons. The summed E-state index contributed by atoms with van der Waals surface area (Å²) in [6.07, 6.45) is 0. The fourth-order valence-corrected chi connectivity index (χ4v) is 3.63. The van der Waals surface area contributed by atoms with E-state index in [4.69, 9.17) is 9.47 Å². The molecule has 1 aromatic heterocycles. The largest absolute Gasteiger partial charge is 0.454 e. The highest BCUT2D eigenvalue weighted by Crippen LogP contribution is 2.32. The van der Waals surface area contributed by atoms with Crippen LogP contribution in [0.25, 0.3) is 0 Å². The second kappa shape index (κ2) is 7.43. The first-order valence-corrected chi connectivity index (χ1v) is 9.41. The van der Waals surface area contributed by atoms with E-state index in [0.717, 1.165) is 28.3 Å². The Balaban J connectivity index is 1.53. The molecule has 0 radical (unpaired) electrons. The molecule has 1 aliphatic rings. The molecule has 5 heteroatoms. The van der Waals surface area contributed by atoms with Crippen molar-refractivity contribution in [2.24, 2.45) is 0 Å². The zero-order valence-corrected chi connectivity index (χ0v) is 16.4. The molecule has 0 fully saturated rings. The average Bonchev–Trinajstić information content (AvgIpc) is 3.25. The van der Waals surface area contributed by atoms with Gasteiger partial charge in [0, 0.05) is 18.8 Å². The second-order valence-corrected chi connectivity index (χ2v) is 7.20. The molecule has 5 nitrogen and oxygen atoms in total. The monoisotopic (exact) mass is 376 g/mol. The van der Waals surface area contributed by atoms with Crippen LogP contribution in [0.4, 0.5) is 0 Å². The van der Waals surface area contributed by atoms with E-state index in [1.807, 2.05) is 44.2 Å². The number of benzene rings is 2. The van der Waals surface area contributed by atoms with Gasteiger partial charge < -0.3 is 19.4 Å². The molecule has 0 saturated heterocycles. The molecule has 28 heavy (non-hydrogen) atoms. The highest BCUT2D eigenvalue weighted by atomic mass is 16.7. The molecule has 0 bridgehead atoms. The van der Waals surface area contributed by atoms with Gasteiger partial charge in [-0.15, -0.1) is 0 Å². The lowest BCUT2D eigenvalue weighted by molar-refractivity contribution is 0.0941. The number of aryl methyl sites for hydroxylation is 3. The fraction of sp³-hybridized carbons (Fsp3) is 0.261. The molecular weight excluding hydrogens is 352 g/mol. The summed E-state index contributed by atoms with van der Waals surface area (Å²) in [6, 6.07) is 16.1. The van der Waals surface area contributed by atoms with Gasteiger partial charge in [-0.2, -0.15) is 0 Å². The molecule has 2 heterocycles. The second-order valence-electron chi connectivity index (χ2n) is 7.20. The molecule has 1 amide bonds. The Labute approximate surface area is 164 Å². The van der Waals surface area contributed by atoms with Gasteiger partial charge in [0.1, 0.15) is 5.69 Å². The van der Waals surface area contributed by atoms with E-state index in [2.05, 4.69) is 35.0 Å². The van der Waals surface area contributed by atoms with Gasteiger partial charge in [-0.3, -0.25) is 4.79 Å². The Bertz CT molecular complexity index is 1040. The third-order valence-corrected chi connectivity index (χ3v) is 5.19. The number of hydrogen-bond donors (Lipinski definition) is 1. The minimum atomic E-state index is -0.0724. The van der Waals surface area contributed by atoms with Crippen molar-refractivity contribution in [2.75, 3.05) is 6.79 Å². The Morgan fingerprint density at radius 1 is 1.00 bits per heavy atom. The third kappa shape index (κ3) is 3.48. The Hall–Kier alpha value is -3.21. The van der Waals surface area contributed by atoms with E-state index < -0.39 is 0 Å². The highest BCUT2D eigenvalue weighted by Gasteiger charge is 2.19. The lowest BCUT2D eigenvalue weighted by Crippen LogP contribution is -2.26. The number of hydrogen-bond acceptors (Lipinski definition) is 3. The predicted molar refractivity (Wildman–Crippen MR) is 108 cm³/mol. The molecule has 0 spiro atoms. The molecular formula is C23H24N2O3. The molecule has 0 atom stereocenters. The number of nitrogens with one attached hydrogen (secondary N) is 1. The SMILES string of the molecule is Cc1ccccc1Cn1c(C)cc(C)c1C(=O)NCc1ccc2c(c1)OCO2. The summed E-state index contributed by atoms with van der Waals surface area (Å²) >= 11 is 0. The van der Waals surface area contributed by atoms with E-state index in [-0.39, 0.29) is 12.7 Å². The fourth-order valence-electron chi connectivity index (χ4n) is 3.63. The van der Waals surface area contributed by atoms with Crippen LogP contribution >= 0.6 is 0 Å². The standard InChI is InChI=1S/C23H24N2O3/c1-15-6-4-5-7-19(15)13-25-17(3)10-16(2)22(25)23(26)24-12-18-8-9-20-21(11-18)28-14-27-20/h4-11H,12-14H2,1-3H3,(H,24,26). The van der Waals surface area contributed by atoms with Crippen molar-refractivity contribution in [1.82, 2.24) is 9.88 Å². The lowest BCUT2D eigenvalue weighted by atomic mass is 10.1. The van der Waals surface area contributed by atoms with Gasteiger partial charge in [-0.05, 0) is 61.2 Å². The summed E-state index contributed by atoms with van der Waals surface area (Å²) in [5.41, 5.74) is 6.18. The van der Waals surface area contributed by atoms with Gasteiger partial charge in [0.15, 0.2) is 11.5 Å². The first-order chi connectivity index (χ1) is 13.5. The summed E-state index contributed by atoms with van der Waals surface area (Å²) < 4.78 is 12.8. The summed E-state index contributed by atoms with van der Waals surface area (Å²) in [5, 5.41) is 3.05. The molecule has 3 aromatic rings. The third-order valence-electron chi connectivity index (χ3n) is 5.19. The van der Waals surface area contributed by atoms with Crippen molar-refractivity contribution in [1.29, 1.82) is 0 Å². The van der Waals surface area contributed by atoms with E-state index in [9.17, 15) is 4.79 Å². The lowest BCUT2D eigenvalue weighted by Gasteiger charge is -2.14. The molecule has 0 saturated carbocycles. The number of aromatic nitrogens is 1. The van der Waals surface area contributed by atoms with Gasteiger partial charge in [0.2, 0.25) is 6.79 Å². The van der Waals surface area contributed by atoms with Crippen molar-refractivity contribution in [3.63, 3.8) is 0 Å². The van der Waals surface area contributed by atoms with Crippen molar-refractivity contribution in [3.05, 3.63) is 82.2 Å². The van der Waals surface area contributed by atoms with Crippen molar-refractivity contribution < 1.29 is 14.3 Å². The zero-order valence-electron chi connectivity index (χ0n) is 16.4. The highest BCUT2D eigenvalue weighted by molar-refractivity contribution is 5.94. The minimum absolute atomic E-state index is 0.0724. The van der Waals surface area contributed by atoms with Crippen LogP contribution in [0, 0.1) is 20.8 Å². The number of rotatable bonds is 5. The molecule has 2 aromatic carbocycles. The van der Waals surface area contributed by atoms with Crippen LogP contribution in [0.2, 0.25) is 0 Å². The van der Waals surface area contributed by atoms with Crippen molar-refractivity contribution in [3.8, 4) is 11.5 Å². The van der Waals surface area contributed by atoms with Crippen LogP contribution in [0.15, 0.2) is 48.5 Å². The van der Waals surface area contributed by atoms with E-state index in [0.29, 0.717) is 18.8 Å². The summed E-state index contributed by atoms with van der Waals surface area (Å²) in [5.74, 6) is 1.40. The molecule has 1 N–H and O–H groups in total. The first kappa shape index (κ1) is 18.2. The predicted octanol–water partition coefficient (Wildman–Crippen LogP) is 4.12. The Morgan fingerprint density at radius 2 is 1.79 bits per heavy atom. The van der Waals surface area contributed by atoms with E-state index in [1.165, 1.54) is 11.1 Å². The van der Waals surface area contributed by atoms with Crippen LogP contribution in [0.1, 0.15) is 38.4 Å². The number of amides is 1. The summed E-state index contributed by atoms with van der Waals surface area (Å²) in [6.45, 7) is 7.48. The first-order valence-electron chi connectivity index (χ1n) is 9.41. The molecule has 1 aliphatic heterocycles. The van der Waals surface area contributed by atoms with Gasteiger partial charge in [0.05, 0.1) is 0 Å². The van der Waals surface area contributed by atoms with E-state index >= 15 is 0 Å². The number of carbonyl (C=O) groups excluding carboxylic acids is 1. The maximum atomic E-state index is 13.0. The number of nitrogens with zero attached hydrogens (tertiary/aromatic N) is 1. The van der Waals surface area contributed by atoms with Crippen molar-refractivity contribution >= 4 is 5.91 Å². The van der Waals surface area contributed by atoms with Gasteiger partial charge in [-0.25, -0.2) is 0 Å². The van der Waals surface area contributed by atoms with Gasteiger partial charge >= 0.3 is 0 Å². The number of fused-ring (bicyclic) bond motifs is 1. The van der Waals surface area contributed by atoms with Gasteiger partial charge in [-0.1, -0.05) is 30.3 Å². The van der Waals surface area contributed by atoms with Crippen LogP contribution in [0.3, 0.4) is 0 Å². The van der Waals surface area contributed by atoms with Crippen LogP contribution in [-0.4, -0.2) is 17.3 Å². The van der Waals surface area contributed by atoms with E-state index in [1.54, 1.807) is 0 Å². The molecule has 0 unspecified atom stereocenters. The summed E-state index contributed by atoms with van der Waals surface area (Å²) in [4.78, 5) is 13.0. The van der Waals surface area contributed by atoms with Crippen LogP contribution in [0.5, 0.6) is 11.5 Å². The number of carbonyl (C=O) groups is 1. The smallest absolute Gasteiger partial charge is 0.268 e.